The van der Waals surface area contributed by atoms with Crippen molar-refractivity contribution in [3.63, 3.8) is 0 Å². The number of imidazole rings is 1. The molecule has 1 aliphatic rings. The predicted molar refractivity (Wildman–Crippen MR) is 110 cm³/mol. The second-order valence-corrected chi connectivity index (χ2v) is 8.04. The van der Waals surface area contributed by atoms with Crippen LogP contribution in [0.25, 0.3) is 11.0 Å². The fourth-order valence-corrected chi connectivity index (χ4v) is 4.27. The lowest BCUT2D eigenvalue weighted by atomic mass is 10.2. The first-order chi connectivity index (χ1) is 13.2. The molecule has 140 valence electrons. The van der Waals surface area contributed by atoms with Gasteiger partial charge in [-0.1, -0.05) is 47.6 Å². The molecule has 5 nitrogen and oxygen atoms in total. The molecule has 1 saturated heterocycles. The van der Waals surface area contributed by atoms with Gasteiger partial charge in [0.1, 0.15) is 0 Å². The van der Waals surface area contributed by atoms with E-state index in [1.807, 2.05) is 47.4 Å². The van der Waals surface area contributed by atoms with Crippen molar-refractivity contribution in [2.24, 2.45) is 0 Å². The third kappa shape index (κ3) is 4.64. The highest BCUT2D eigenvalue weighted by Crippen LogP contribution is 2.20. The van der Waals surface area contributed by atoms with E-state index >= 15 is 0 Å². The number of carbonyl (C=O) groups excluding carboxylic acids is 1. The number of H-pyrrole nitrogens is 1. The van der Waals surface area contributed by atoms with Crippen LogP contribution in [0.1, 0.15) is 5.56 Å². The molecule has 2 heterocycles. The summed E-state index contributed by atoms with van der Waals surface area (Å²) < 4.78 is 0. The number of hydrogen-bond donors (Lipinski definition) is 1. The summed E-state index contributed by atoms with van der Waals surface area (Å²) in [6.07, 6.45) is 0. The van der Waals surface area contributed by atoms with Crippen LogP contribution in [-0.2, 0) is 11.3 Å². The predicted octanol–water partition coefficient (Wildman–Crippen LogP) is 3.65. The summed E-state index contributed by atoms with van der Waals surface area (Å²) in [6, 6.07) is 15.9. The molecule has 0 bridgehead atoms. The highest BCUT2D eigenvalue weighted by atomic mass is 35.5. The Morgan fingerprint density at radius 3 is 2.70 bits per heavy atom. The Morgan fingerprint density at radius 2 is 1.93 bits per heavy atom. The van der Waals surface area contributed by atoms with Crippen molar-refractivity contribution in [3.05, 3.63) is 59.1 Å². The van der Waals surface area contributed by atoms with Gasteiger partial charge < -0.3 is 9.88 Å². The summed E-state index contributed by atoms with van der Waals surface area (Å²) in [5, 5.41) is 1.56. The maximum atomic E-state index is 12.5. The molecule has 27 heavy (non-hydrogen) atoms. The quantitative estimate of drug-likeness (QED) is 0.664. The Hall–Kier alpha value is -2.02. The van der Waals surface area contributed by atoms with Gasteiger partial charge in [0.15, 0.2) is 5.16 Å². The molecule has 0 aliphatic carbocycles. The molecule has 0 saturated carbocycles. The van der Waals surface area contributed by atoms with Gasteiger partial charge in [0.25, 0.3) is 0 Å². The van der Waals surface area contributed by atoms with Crippen molar-refractivity contribution in [1.82, 2.24) is 19.8 Å². The number of amides is 1. The third-order valence-corrected chi connectivity index (χ3v) is 5.81. The number of aromatic nitrogens is 2. The van der Waals surface area contributed by atoms with Crippen molar-refractivity contribution < 1.29 is 4.79 Å². The summed E-state index contributed by atoms with van der Waals surface area (Å²) in [5.41, 5.74) is 3.15. The molecule has 0 atom stereocenters. The second kappa shape index (κ2) is 8.33. The number of fused-ring (bicyclic) bond motifs is 1. The fraction of sp³-hybridized carbons (Fsp3) is 0.300. The molecule has 0 radical (unpaired) electrons. The zero-order valence-electron chi connectivity index (χ0n) is 14.9. The van der Waals surface area contributed by atoms with Crippen molar-refractivity contribution in [2.75, 3.05) is 31.9 Å². The van der Waals surface area contributed by atoms with Crippen molar-refractivity contribution in [3.8, 4) is 0 Å². The molecule has 7 heteroatoms. The summed E-state index contributed by atoms with van der Waals surface area (Å²) in [5.74, 6) is 0.580. The zero-order chi connectivity index (χ0) is 18.6. The highest BCUT2D eigenvalue weighted by molar-refractivity contribution is 7.99. The standard InChI is InChI=1S/C20H21ClN4OS/c21-16-5-3-4-15(12-16)13-24-8-10-25(11-9-24)19(26)14-27-20-22-17-6-1-2-7-18(17)23-20/h1-7,12H,8-11,13-14H2,(H,22,23). The topological polar surface area (TPSA) is 52.2 Å². The molecule has 1 amide bonds. The van der Waals surface area contributed by atoms with Crippen molar-refractivity contribution in [2.45, 2.75) is 11.7 Å². The number of piperazine rings is 1. The SMILES string of the molecule is O=C(CSc1nc2ccccc2[nH]1)N1CCN(Cc2cccc(Cl)c2)CC1. The molecule has 0 spiro atoms. The molecule has 1 aliphatic heterocycles. The first kappa shape index (κ1) is 18.3. The Kier molecular flexibility index (Phi) is 5.66. The number of aromatic amines is 1. The Balaban J connectivity index is 1.25. The van der Waals surface area contributed by atoms with Crippen LogP contribution in [0.4, 0.5) is 0 Å². The summed E-state index contributed by atoms with van der Waals surface area (Å²) in [6.45, 7) is 4.16. The first-order valence-corrected chi connectivity index (χ1v) is 10.4. The minimum atomic E-state index is 0.169. The van der Waals surface area contributed by atoms with Gasteiger partial charge in [-0.3, -0.25) is 9.69 Å². The van der Waals surface area contributed by atoms with Crippen molar-refractivity contribution in [1.29, 1.82) is 0 Å². The molecular weight excluding hydrogens is 380 g/mol. The lowest BCUT2D eigenvalue weighted by Crippen LogP contribution is -2.48. The number of thioether (sulfide) groups is 1. The molecule has 2 aromatic carbocycles. The van der Waals surface area contributed by atoms with Gasteiger partial charge in [0, 0.05) is 37.7 Å². The highest BCUT2D eigenvalue weighted by Gasteiger charge is 2.21. The monoisotopic (exact) mass is 400 g/mol. The van der Waals surface area contributed by atoms with Crippen LogP contribution in [0.15, 0.2) is 53.7 Å². The van der Waals surface area contributed by atoms with Crippen LogP contribution < -0.4 is 0 Å². The van der Waals surface area contributed by atoms with E-state index in [4.69, 9.17) is 11.6 Å². The number of hydrogen-bond acceptors (Lipinski definition) is 4. The lowest BCUT2D eigenvalue weighted by Gasteiger charge is -2.34. The van der Waals surface area contributed by atoms with Gasteiger partial charge in [-0.15, -0.1) is 0 Å². The number of halogens is 1. The van der Waals surface area contributed by atoms with Gasteiger partial charge in [-0.2, -0.15) is 0 Å². The second-order valence-electron chi connectivity index (χ2n) is 6.63. The van der Waals surface area contributed by atoms with E-state index in [-0.39, 0.29) is 5.91 Å². The lowest BCUT2D eigenvalue weighted by molar-refractivity contribution is -0.130. The van der Waals surface area contributed by atoms with Gasteiger partial charge in [-0.05, 0) is 29.8 Å². The summed E-state index contributed by atoms with van der Waals surface area (Å²) >= 11 is 7.52. The number of benzene rings is 2. The molecule has 4 rings (SSSR count). The average molecular weight is 401 g/mol. The Labute approximate surface area is 167 Å². The van der Waals surface area contributed by atoms with Gasteiger partial charge in [-0.25, -0.2) is 4.98 Å². The van der Waals surface area contributed by atoms with Gasteiger partial charge in [0.2, 0.25) is 5.91 Å². The summed E-state index contributed by atoms with van der Waals surface area (Å²) in [7, 11) is 0. The van der Waals surface area contributed by atoms with E-state index in [0.29, 0.717) is 5.75 Å². The third-order valence-electron chi connectivity index (χ3n) is 4.72. The van der Waals surface area contributed by atoms with Crippen LogP contribution in [0, 0.1) is 0 Å². The zero-order valence-corrected chi connectivity index (χ0v) is 16.5. The Morgan fingerprint density at radius 1 is 1.11 bits per heavy atom. The van der Waals surface area contributed by atoms with E-state index in [9.17, 15) is 4.79 Å². The number of nitrogens with one attached hydrogen (secondary N) is 1. The van der Waals surface area contributed by atoms with Crippen LogP contribution >= 0.6 is 23.4 Å². The molecule has 1 N–H and O–H groups in total. The van der Waals surface area contributed by atoms with Crippen LogP contribution in [-0.4, -0.2) is 57.6 Å². The normalized spacial score (nSPS) is 15.4. The number of para-hydroxylation sites is 2. The number of carbonyl (C=O) groups is 1. The minimum absolute atomic E-state index is 0.169. The van der Waals surface area contributed by atoms with Crippen LogP contribution in [0.2, 0.25) is 5.02 Å². The molecular formula is C20H21ClN4OS. The molecule has 1 fully saturated rings. The van der Waals surface area contributed by atoms with E-state index in [1.54, 1.807) is 0 Å². The van der Waals surface area contributed by atoms with Gasteiger partial charge >= 0.3 is 0 Å². The van der Waals surface area contributed by atoms with Crippen molar-refractivity contribution >= 4 is 40.3 Å². The minimum Gasteiger partial charge on any atom is -0.339 e. The number of rotatable bonds is 5. The van der Waals surface area contributed by atoms with Gasteiger partial charge in [0.05, 0.1) is 16.8 Å². The first-order valence-electron chi connectivity index (χ1n) is 8.99. The smallest absolute Gasteiger partial charge is 0.233 e. The average Bonchev–Trinajstić information content (AvgIpc) is 3.10. The van der Waals surface area contributed by atoms with E-state index < -0.39 is 0 Å². The van der Waals surface area contributed by atoms with E-state index in [1.165, 1.54) is 17.3 Å². The number of nitrogens with zero attached hydrogens (tertiary/aromatic N) is 3. The maximum absolute atomic E-state index is 12.5. The molecule has 3 aromatic rings. The Bertz CT molecular complexity index is 903. The fourth-order valence-electron chi connectivity index (χ4n) is 3.27. The summed E-state index contributed by atoms with van der Waals surface area (Å²) in [4.78, 5) is 24.6. The van der Waals surface area contributed by atoms with E-state index in [2.05, 4.69) is 20.9 Å². The molecule has 1 aromatic heterocycles. The molecule has 0 unspecified atom stereocenters. The van der Waals surface area contributed by atoms with E-state index in [0.717, 1.165) is 53.9 Å². The maximum Gasteiger partial charge on any atom is 0.233 e. The van der Waals surface area contributed by atoms with Crippen LogP contribution in [0.5, 0.6) is 0 Å². The largest absolute Gasteiger partial charge is 0.339 e. The van der Waals surface area contributed by atoms with Crippen LogP contribution in [0.3, 0.4) is 0 Å².